The Bertz CT molecular complexity index is 384. The Morgan fingerprint density at radius 2 is 2.18 bits per heavy atom. The third-order valence-electron chi connectivity index (χ3n) is 4.43. The molecule has 2 aliphatic carbocycles. The number of aldehydes is 1. The van der Waals surface area contributed by atoms with E-state index < -0.39 is 5.60 Å². The molecule has 1 N–H and O–H groups in total. The lowest BCUT2D eigenvalue weighted by molar-refractivity contribution is -0.105. The molecule has 2 aliphatic rings. The molecule has 0 radical (unpaired) electrons. The van der Waals surface area contributed by atoms with Crippen LogP contribution in [0.4, 0.5) is 0 Å². The summed E-state index contributed by atoms with van der Waals surface area (Å²) in [5.41, 5.74) is 1.46. The molecule has 2 heteroatoms. The average Bonchev–Trinajstić information content (AvgIpc) is 2.25. The molecule has 2 unspecified atom stereocenters. The number of hydrogen-bond acceptors (Lipinski definition) is 2. The van der Waals surface area contributed by atoms with Crippen LogP contribution < -0.4 is 0 Å². The van der Waals surface area contributed by atoms with Crippen LogP contribution in [0.1, 0.15) is 46.5 Å². The monoisotopic (exact) mass is 234 g/mol. The van der Waals surface area contributed by atoms with E-state index in [9.17, 15) is 9.90 Å². The van der Waals surface area contributed by atoms with Gasteiger partial charge in [-0.1, -0.05) is 19.1 Å². The lowest BCUT2D eigenvalue weighted by atomic mass is 9.62. The van der Waals surface area contributed by atoms with Crippen molar-refractivity contribution in [3.8, 4) is 0 Å². The molecule has 94 valence electrons. The first-order chi connectivity index (χ1) is 7.87. The van der Waals surface area contributed by atoms with E-state index in [1.165, 1.54) is 0 Å². The van der Waals surface area contributed by atoms with Gasteiger partial charge in [0.2, 0.25) is 0 Å². The zero-order valence-corrected chi connectivity index (χ0v) is 11.0. The predicted molar refractivity (Wildman–Crippen MR) is 68.6 cm³/mol. The SMILES string of the molecule is CC12CCC=C(C=O)C1=CC(C(C)(C)O)CC2. The smallest absolute Gasteiger partial charge is 0.150 e. The standard InChI is InChI=1S/C15H22O2/c1-14(2,17)12-6-8-15(3)7-4-5-11(10-16)13(15)9-12/h5,9-10,12,17H,4,6-8H2,1-3H3. The summed E-state index contributed by atoms with van der Waals surface area (Å²) in [6.45, 7) is 5.95. The van der Waals surface area contributed by atoms with E-state index in [1.807, 2.05) is 19.9 Å². The van der Waals surface area contributed by atoms with Crippen LogP contribution in [0, 0.1) is 11.3 Å². The minimum absolute atomic E-state index is 0.146. The van der Waals surface area contributed by atoms with Crippen LogP contribution >= 0.6 is 0 Å². The molecule has 0 fully saturated rings. The number of allylic oxidation sites excluding steroid dienone is 3. The van der Waals surface area contributed by atoms with Crippen LogP contribution in [0.3, 0.4) is 0 Å². The van der Waals surface area contributed by atoms with Crippen LogP contribution in [0.2, 0.25) is 0 Å². The molecule has 0 aromatic carbocycles. The van der Waals surface area contributed by atoms with E-state index in [-0.39, 0.29) is 11.3 Å². The number of carbonyl (C=O) groups is 1. The zero-order chi connectivity index (χ0) is 12.7. The lowest BCUT2D eigenvalue weighted by Gasteiger charge is -2.43. The Balaban J connectivity index is 2.41. The molecule has 0 heterocycles. The highest BCUT2D eigenvalue weighted by Gasteiger charge is 2.40. The lowest BCUT2D eigenvalue weighted by Crippen LogP contribution is -2.37. The van der Waals surface area contributed by atoms with Gasteiger partial charge >= 0.3 is 0 Å². The van der Waals surface area contributed by atoms with Gasteiger partial charge in [-0.3, -0.25) is 4.79 Å². The summed E-state index contributed by atoms with van der Waals surface area (Å²) in [5, 5.41) is 10.1. The summed E-state index contributed by atoms with van der Waals surface area (Å²) in [6, 6.07) is 0. The first-order valence-electron chi connectivity index (χ1n) is 6.47. The molecule has 17 heavy (non-hydrogen) atoms. The molecule has 0 spiro atoms. The second kappa shape index (κ2) is 4.09. The van der Waals surface area contributed by atoms with Crippen molar-refractivity contribution in [3.05, 3.63) is 23.3 Å². The maximum absolute atomic E-state index is 11.1. The van der Waals surface area contributed by atoms with Crippen LogP contribution in [-0.4, -0.2) is 17.0 Å². The van der Waals surface area contributed by atoms with Gasteiger partial charge in [0.15, 0.2) is 0 Å². The highest BCUT2D eigenvalue weighted by molar-refractivity contribution is 5.81. The molecule has 0 saturated heterocycles. The third kappa shape index (κ3) is 2.23. The summed E-state index contributed by atoms with van der Waals surface area (Å²) in [5.74, 6) is 0.159. The summed E-state index contributed by atoms with van der Waals surface area (Å²) < 4.78 is 0. The fourth-order valence-corrected chi connectivity index (χ4v) is 3.12. The number of aliphatic hydroxyl groups is 1. The van der Waals surface area contributed by atoms with Crippen molar-refractivity contribution in [1.82, 2.24) is 0 Å². The second-order valence-corrected chi connectivity index (χ2v) is 6.26. The van der Waals surface area contributed by atoms with E-state index >= 15 is 0 Å². The van der Waals surface area contributed by atoms with E-state index in [4.69, 9.17) is 0 Å². The Hall–Kier alpha value is -0.890. The third-order valence-corrected chi connectivity index (χ3v) is 4.43. The fraction of sp³-hybridized carbons (Fsp3) is 0.667. The van der Waals surface area contributed by atoms with Crippen molar-refractivity contribution in [1.29, 1.82) is 0 Å². The summed E-state index contributed by atoms with van der Waals surface area (Å²) in [6.07, 6.45) is 9.34. The quantitative estimate of drug-likeness (QED) is 0.746. The van der Waals surface area contributed by atoms with E-state index in [2.05, 4.69) is 13.0 Å². The molecule has 2 nitrogen and oxygen atoms in total. The van der Waals surface area contributed by atoms with Crippen LogP contribution in [-0.2, 0) is 4.79 Å². The maximum atomic E-state index is 11.1. The van der Waals surface area contributed by atoms with Gasteiger partial charge < -0.3 is 5.11 Å². The van der Waals surface area contributed by atoms with Gasteiger partial charge in [-0.15, -0.1) is 0 Å². The van der Waals surface area contributed by atoms with Crippen molar-refractivity contribution in [2.45, 2.75) is 52.1 Å². The Kier molecular flexibility index (Phi) is 3.03. The van der Waals surface area contributed by atoms with Crippen LogP contribution in [0.5, 0.6) is 0 Å². The minimum atomic E-state index is -0.695. The normalized spacial score (nSPS) is 33.5. The number of carbonyl (C=O) groups excluding carboxylic acids is 1. The van der Waals surface area contributed by atoms with Gasteiger partial charge in [-0.2, -0.15) is 0 Å². The van der Waals surface area contributed by atoms with Gasteiger partial charge in [-0.05, 0) is 50.5 Å². The highest BCUT2D eigenvalue weighted by atomic mass is 16.3. The maximum Gasteiger partial charge on any atom is 0.150 e. The first-order valence-corrected chi connectivity index (χ1v) is 6.47. The summed E-state index contributed by atoms with van der Waals surface area (Å²) in [7, 11) is 0. The van der Waals surface area contributed by atoms with Crippen molar-refractivity contribution >= 4 is 6.29 Å². The predicted octanol–water partition coefficient (Wildman–Crippen LogP) is 3.02. The topological polar surface area (TPSA) is 37.3 Å². The Morgan fingerprint density at radius 1 is 1.47 bits per heavy atom. The van der Waals surface area contributed by atoms with Gasteiger partial charge in [0, 0.05) is 11.5 Å². The van der Waals surface area contributed by atoms with E-state index in [0.717, 1.165) is 43.1 Å². The van der Waals surface area contributed by atoms with Crippen molar-refractivity contribution < 1.29 is 9.90 Å². The fourth-order valence-electron chi connectivity index (χ4n) is 3.12. The van der Waals surface area contributed by atoms with Crippen molar-refractivity contribution in [3.63, 3.8) is 0 Å². The van der Waals surface area contributed by atoms with Gasteiger partial charge in [0.05, 0.1) is 5.60 Å². The summed E-state index contributed by atoms with van der Waals surface area (Å²) in [4.78, 5) is 11.1. The second-order valence-electron chi connectivity index (χ2n) is 6.26. The number of fused-ring (bicyclic) bond motifs is 1. The van der Waals surface area contributed by atoms with Gasteiger partial charge in [0.1, 0.15) is 6.29 Å². The molecular formula is C15H22O2. The van der Waals surface area contributed by atoms with Crippen molar-refractivity contribution in [2.75, 3.05) is 0 Å². The first kappa shape index (κ1) is 12.6. The van der Waals surface area contributed by atoms with E-state index in [1.54, 1.807) is 0 Å². The molecule has 0 aliphatic heterocycles. The van der Waals surface area contributed by atoms with E-state index in [0.29, 0.717) is 0 Å². The molecular weight excluding hydrogens is 212 g/mol. The van der Waals surface area contributed by atoms with Crippen LogP contribution in [0.25, 0.3) is 0 Å². The molecule has 2 atom stereocenters. The molecule has 0 aromatic rings. The molecule has 0 aromatic heterocycles. The molecule has 0 saturated carbocycles. The van der Waals surface area contributed by atoms with Crippen molar-refractivity contribution in [2.24, 2.45) is 11.3 Å². The van der Waals surface area contributed by atoms with Gasteiger partial charge in [-0.25, -0.2) is 0 Å². The highest BCUT2D eigenvalue weighted by Crippen LogP contribution is 2.49. The number of hydrogen-bond donors (Lipinski definition) is 1. The Labute approximate surface area is 103 Å². The minimum Gasteiger partial charge on any atom is -0.390 e. The molecule has 2 rings (SSSR count). The Morgan fingerprint density at radius 3 is 2.76 bits per heavy atom. The zero-order valence-electron chi connectivity index (χ0n) is 11.0. The number of rotatable bonds is 2. The molecule has 0 amide bonds. The van der Waals surface area contributed by atoms with Gasteiger partial charge in [0.25, 0.3) is 0 Å². The molecule has 0 bridgehead atoms. The average molecular weight is 234 g/mol. The largest absolute Gasteiger partial charge is 0.390 e. The summed E-state index contributed by atoms with van der Waals surface area (Å²) >= 11 is 0. The van der Waals surface area contributed by atoms with Crippen LogP contribution in [0.15, 0.2) is 23.3 Å².